The van der Waals surface area contributed by atoms with Crippen LogP contribution in [0.1, 0.15) is 44.3 Å². The third kappa shape index (κ3) is 2.10. The molecule has 110 valence electrons. The van der Waals surface area contributed by atoms with Crippen LogP contribution < -0.4 is 5.73 Å². The van der Waals surface area contributed by atoms with Gasteiger partial charge in [0.1, 0.15) is 5.82 Å². The Kier molecular flexibility index (Phi) is 3.11. The Balaban J connectivity index is 1.47. The highest BCUT2D eigenvalue weighted by molar-refractivity contribution is 7.99. The minimum Gasteiger partial charge on any atom is -0.324 e. The molecule has 2 N–H and O–H groups in total. The first-order valence-electron chi connectivity index (χ1n) is 7.88. The molecule has 0 atom stereocenters. The number of nitrogens with two attached hydrogens (primary N) is 1. The summed E-state index contributed by atoms with van der Waals surface area (Å²) in [7, 11) is 2.03. The number of hydrogen-bond acceptors (Lipinski definition) is 4. The standard InChI is InChI=1S/C15H24N4S/c1-19-13(8-16)17-18-14(19)20-9-15-5-10-2-11(6-15)4-12(3-10)7-15/h10-12H,2-9,16H2,1H3. The van der Waals surface area contributed by atoms with Crippen LogP contribution in [0, 0.1) is 23.2 Å². The van der Waals surface area contributed by atoms with E-state index in [2.05, 4.69) is 14.8 Å². The van der Waals surface area contributed by atoms with Gasteiger partial charge in [-0.15, -0.1) is 10.2 Å². The van der Waals surface area contributed by atoms with Gasteiger partial charge >= 0.3 is 0 Å². The highest BCUT2D eigenvalue weighted by Crippen LogP contribution is 2.61. The minimum atomic E-state index is 0.474. The Morgan fingerprint density at radius 1 is 1.15 bits per heavy atom. The normalized spacial score (nSPS) is 38.6. The van der Waals surface area contributed by atoms with Crippen molar-refractivity contribution in [2.45, 2.75) is 50.2 Å². The molecule has 0 saturated heterocycles. The van der Waals surface area contributed by atoms with Crippen molar-refractivity contribution in [1.82, 2.24) is 14.8 Å². The molecule has 0 aromatic carbocycles. The molecule has 1 aromatic rings. The summed E-state index contributed by atoms with van der Waals surface area (Å²) >= 11 is 1.91. The summed E-state index contributed by atoms with van der Waals surface area (Å²) in [4.78, 5) is 0. The second kappa shape index (κ2) is 4.73. The van der Waals surface area contributed by atoms with Crippen LogP contribution in [0.3, 0.4) is 0 Å². The molecule has 1 aromatic heterocycles. The molecule has 0 amide bonds. The Morgan fingerprint density at radius 3 is 2.25 bits per heavy atom. The van der Waals surface area contributed by atoms with Crippen LogP contribution in [0.5, 0.6) is 0 Å². The number of rotatable bonds is 4. The van der Waals surface area contributed by atoms with E-state index in [1.807, 2.05) is 18.8 Å². The van der Waals surface area contributed by atoms with Crippen LogP contribution in [-0.4, -0.2) is 20.5 Å². The predicted octanol–water partition coefficient (Wildman–Crippen LogP) is 2.58. The van der Waals surface area contributed by atoms with Gasteiger partial charge < -0.3 is 10.3 Å². The van der Waals surface area contributed by atoms with Gasteiger partial charge in [0.05, 0.1) is 6.54 Å². The Labute approximate surface area is 124 Å². The molecule has 4 aliphatic carbocycles. The van der Waals surface area contributed by atoms with Crippen LogP contribution in [-0.2, 0) is 13.6 Å². The van der Waals surface area contributed by atoms with Gasteiger partial charge in [0.2, 0.25) is 0 Å². The van der Waals surface area contributed by atoms with Gasteiger partial charge in [0.25, 0.3) is 0 Å². The largest absolute Gasteiger partial charge is 0.324 e. The number of thioether (sulfide) groups is 1. The summed E-state index contributed by atoms with van der Waals surface area (Å²) in [6.07, 6.45) is 8.95. The van der Waals surface area contributed by atoms with Gasteiger partial charge in [-0.3, -0.25) is 0 Å². The van der Waals surface area contributed by atoms with E-state index in [1.54, 1.807) is 0 Å². The third-order valence-corrected chi connectivity index (χ3v) is 7.15. The first-order chi connectivity index (χ1) is 9.67. The lowest BCUT2D eigenvalue weighted by Gasteiger charge is -2.56. The van der Waals surface area contributed by atoms with Gasteiger partial charge in [0.15, 0.2) is 5.16 Å². The zero-order valence-electron chi connectivity index (χ0n) is 12.2. The summed E-state index contributed by atoms with van der Waals surface area (Å²) in [5.41, 5.74) is 6.28. The molecular weight excluding hydrogens is 268 g/mol. The molecule has 0 spiro atoms. The van der Waals surface area contributed by atoms with E-state index in [4.69, 9.17) is 5.73 Å². The lowest BCUT2D eigenvalue weighted by atomic mass is 9.50. The lowest BCUT2D eigenvalue weighted by Crippen LogP contribution is -2.47. The molecule has 5 heteroatoms. The van der Waals surface area contributed by atoms with Gasteiger partial charge in [-0.1, -0.05) is 11.8 Å². The number of aromatic nitrogens is 3. The van der Waals surface area contributed by atoms with Gasteiger partial charge in [0, 0.05) is 12.8 Å². The van der Waals surface area contributed by atoms with Gasteiger partial charge in [-0.2, -0.15) is 0 Å². The number of nitrogens with zero attached hydrogens (tertiary/aromatic N) is 3. The molecule has 0 unspecified atom stereocenters. The first kappa shape index (κ1) is 13.1. The maximum absolute atomic E-state index is 5.67. The molecular formula is C15H24N4S. The van der Waals surface area contributed by atoms with Crippen LogP contribution in [0.4, 0.5) is 0 Å². The Morgan fingerprint density at radius 2 is 1.75 bits per heavy atom. The minimum absolute atomic E-state index is 0.474. The summed E-state index contributed by atoms with van der Waals surface area (Å²) in [5, 5.41) is 9.51. The molecule has 4 bridgehead atoms. The SMILES string of the molecule is Cn1c(CN)nnc1SCC12CC3CC(CC(C3)C1)C2. The van der Waals surface area contributed by atoms with Crippen molar-refractivity contribution < 1.29 is 0 Å². The van der Waals surface area contributed by atoms with Crippen molar-refractivity contribution in [3.63, 3.8) is 0 Å². The Hall–Kier alpha value is -0.550. The van der Waals surface area contributed by atoms with E-state index >= 15 is 0 Å². The molecule has 20 heavy (non-hydrogen) atoms. The van der Waals surface area contributed by atoms with Crippen LogP contribution in [0.2, 0.25) is 0 Å². The first-order valence-corrected chi connectivity index (χ1v) is 8.87. The third-order valence-electron chi connectivity index (χ3n) is 5.78. The molecule has 0 radical (unpaired) electrons. The van der Waals surface area contributed by atoms with Crippen LogP contribution in [0.25, 0.3) is 0 Å². The highest BCUT2D eigenvalue weighted by Gasteiger charge is 2.50. The number of hydrogen-bond donors (Lipinski definition) is 1. The Bertz CT molecular complexity index is 475. The maximum Gasteiger partial charge on any atom is 0.191 e. The second-order valence-corrected chi connectivity index (χ2v) is 8.31. The highest BCUT2D eigenvalue weighted by atomic mass is 32.2. The zero-order chi connectivity index (χ0) is 13.7. The summed E-state index contributed by atoms with van der Waals surface area (Å²) in [6, 6.07) is 0. The average molecular weight is 292 g/mol. The fourth-order valence-electron chi connectivity index (χ4n) is 5.33. The van der Waals surface area contributed by atoms with Crippen molar-refractivity contribution >= 4 is 11.8 Å². The van der Waals surface area contributed by atoms with Gasteiger partial charge in [-0.25, -0.2) is 0 Å². The van der Waals surface area contributed by atoms with E-state index in [0.29, 0.717) is 12.0 Å². The van der Waals surface area contributed by atoms with Crippen molar-refractivity contribution in [1.29, 1.82) is 0 Å². The van der Waals surface area contributed by atoms with Crippen molar-refractivity contribution in [2.75, 3.05) is 5.75 Å². The monoisotopic (exact) mass is 292 g/mol. The smallest absolute Gasteiger partial charge is 0.191 e. The van der Waals surface area contributed by atoms with E-state index in [0.717, 1.165) is 28.7 Å². The molecule has 4 saturated carbocycles. The fourth-order valence-corrected chi connectivity index (χ4v) is 6.52. The summed E-state index contributed by atoms with van der Waals surface area (Å²) in [5.74, 6) is 5.20. The van der Waals surface area contributed by atoms with Crippen molar-refractivity contribution in [3.8, 4) is 0 Å². The fraction of sp³-hybridized carbons (Fsp3) is 0.867. The topological polar surface area (TPSA) is 56.7 Å². The van der Waals surface area contributed by atoms with E-state index in [-0.39, 0.29) is 0 Å². The summed E-state index contributed by atoms with van der Waals surface area (Å²) < 4.78 is 2.06. The average Bonchev–Trinajstić information content (AvgIpc) is 2.75. The quantitative estimate of drug-likeness (QED) is 0.867. The van der Waals surface area contributed by atoms with Crippen molar-refractivity contribution in [2.24, 2.45) is 36.0 Å². The molecule has 5 rings (SSSR count). The molecule has 4 nitrogen and oxygen atoms in total. The van der Waals surface area contributed by atoms with E-state index in [1.165, 1.54) is 44.3 Å². The summed E-state index contributed by atoms with van der Waals surface area (Å²) in [6.45, 7) is 0.474. The van der Waals surface area contributed by atoms with Crippen LogP contribution >= 0.6 is 11.8 Å². The molecule has 1 heterocycles. The van der Waals surface area contributed by atoms with E-state index in [9.17, 15) is 0 Å². The second-order valence-electron chi connectivity index (χ2n) is 7.37. The maximum atomic E-state index is 5.67. The molecule has 4 fully saturated rings. The van der Waals surface area contributed by atoms with Crippen LogP contribution in [0.15, 0.2) is 5.16 Å². The molecule has 4 aliphatic rings. The molecule has 0 aliphatic heterocycles. The van der Waals surface area contributed by atoms with Crippen molar-refractivity contribution in [3.05, 3.63) is 5.82 Å². The van der Waals surface area contributed by atoms with Gasteiger partial charge in [-0.05, 0) is 61.7 Å². The van der Waals surface area contributed by atoms with E-state index < -0.39 is 0 Å². The zero-order valence-corrected chi connectivity index (χ0v) is 13.0. The predicted molar refractivity (Wildman–Crippen MR) is 80.2 cm³/mol. The lowest BCUT2D eigenvalue weighted by molar-refractivity contribution is -0.0381.